The molecule has 1 unspecified atom stereocenters. The van der Waals surface area contributed by atoms with Crippen LogP contribution in [0.1, 0.15) is 37.3 Å². The molecule has 2 rings (SSSR count). The Morgan fingerprint density at radius 2 is 2.13 bits per heavy atom. The molecule has 5 nitrogen and oxygen atoms in total. The average molecular weight is 318 g/mol. The maximum absolute atomic E-state index is 12.0. The molecule has 0 spiro atoms. The minimum atomic E-state index is -0.0503. The molecule has 1 N–H and O–H groups in total. The minimum absolute atomic E-state index is 0.0444. The predicted molar refractivity (Wildman–Crippen MR) is 90.5 cm³/mol. The van der Waals surface area contributed by atoms with Crippen LogP contribution < -0.4 is 10.2 Å². The summed E-state index contributed by atoms with van der Waals surface area (Å²) < 4.78 is 5.49. The molecule has 1 fully saturated rings. The highest BCUT2D eigenvalue weighted by Crippen LogP contribution is 2.22. The summed E-state index contributed by atoms with van der Waals surface area (Å²) in [7, 11) is 0. The number of aryl methyl sites for hydroxylation is 2. The molecule has 126 valence electrons. The molecule has 1 atom stereocenters. The Balaban J connectivity index is 1.90. The lowest BCUT2D eigenvalue weighted by Crippen LogP contribution is -2.36. The van der Waals surface area contributed by atoms with Gasteiger partial charge in [0.1, 0.15) is 0 Å². The molecule has 0 saturated carbocycles. The van der Waals surface area contributed by atoms with E-state index in [4.69, 9.17) is 4.74 Å². The summed E-state index contributed by atoms with van der Waals surface area (Å²) in [5, 5.41) is 2.89. The van der Waals surface area contributed by atoms with Crippen LogP contribution in [0.2, 0.25) is 0 Å². The number of carbonyl (C=O) groups is 2. The lowest BCUT2D eigenvalue weighted by molar-refractivity contribution is -0.121. The fraction of sp³-hybridized carbons (Fsp3) is 0.556. The molecule has 5 heteroatoms. The Bertz CT molecular complexity index is 565. The molecule has 0 bridgehead atoms. The van der Waals surface area contributed by atoms with Crippen molar-refractivity contribution in [2.24, 2.45) is 0 Å². The summed E-state index contributed by atoms with van der Waals surface area (Å²) in [5.74, 6) is -0.0947. The van der Waals surface area contributed by atoms with Crippen LogP contribution in [0.4, 0.5) is 5.69 Å². The monoisotopic (exact) mass is 318 g/mol. The fourth-order valence-electron chi connectivity index (χ4n) is 2.79. The van der Waals surface area contributed by atoms with Gasteiger partial charge in [-0.2, -0.15) is 0 Å². The van der Waals surface area contributed by atoms with Crippen LogP contribution in [-0.4, -0.2) is 37.6 Å². The van der Waals surface area contributed by atoms with Gasteiger partial charge in [-0.25, -0.2) is 0 Å². The quantitative estimate of drug-likeness (QED) is 0.876. The van der Waals surface area contributed by atoms with Crippen LogP contribution in [0.15, 0.2) is 18.2 Å². The number of hydrogen-bond acceptors (Lipinski definition) is 3. The van der Waals surface area contributed by atoms with E-state index in [1.54, 1.807) is 4.90 Å². The van der Waals surface area contributed by atoms with E-state index >= 15 is 0 Å². The third kappa shape index (κ3) is 5.06. The van der Waals surface area contributed by atoms with Crippen LogP contribution in [0.3, 0.4) is 0 Å². The van der Waals surface area contributed by atoms with Crippen LogP contribution in [0.25, 0.3) is 0 Å². The van der Waals surface area contributed by atoms with E-state index in [0.29, 0.717) is 19.5 Å². The van der Waals surface area contributed by atoms with Crippen molar-refractivity contribution in [3.05, 3.63) is 29.3 Å². The molecule has 1 heterocycles. The molecule has 1 aliphatic heterocycles. The van der Waals surface area contributed by atoms with Gasteiger partial charge in [0, 0.05) is 38.7 Å². The zero-order valence-corrected chi connectivity index (χ0v) is 14.2. The molecular weight excluding hydrogens is 292 g/mol. The van der Waals surface area contributed by atoms with Crippen molar-refractivity contribution in [2.75, 3.05) is 24.6 Å². The van der Waals surface area contributed by atoms with Gasteiger partial charge in [0.25, 0.3) is 0 Å². The van der Waals surface area contributed by atoms with Crippen molar-refractivity contribution in [1.82, 2.24) is 5.32 Å². The molecule has 1 saturated heterocycles. The average Bonchev–Trinajstić information content (AvgIpc) is 3.02. The summed E-state index contributed by atoms with van der Waals surface area (Å²) in [6.07, 6.45) is 2.50. The largest absolute Gasteiger partial charge is 0.376 e. The Morgan fingerprint density at radius 1 is 1.35 bits per heavy atom. The number of ether oxygens (including phenoxy) is 1. The van der Waals surface area contributed by atoms with Gasteiger partial charge in [-0.05, 0) is 43.9 Å². The molecule has 1 aliphatic rings. The standard InChI is InChI=1S/C18H26N2O3/c1-13-6-7-14(2)17(11-13)20(15(3)21)9-8-18(22)19-12-16-5-4-10-23-16/h6-7,11,16H,4-5,8-10,12H2,1-3H3,(H,19,22). The third-order valence-corrected chi connectivity index (χ3v) is 4.15. The minimum Gasteiger partial charge on any atom is -0.376 e. The van der Waals surface area contributed by atoms with Crippen LogP contribution in [0.5, 0.6) is 0 Å². The third-order valence-electron chi connectivity index (χ3n) is 4.15. The van der Waals surface area contributed by atoms with Gasteiger partial charge < -0.3 is 15.0 Å². The number of hydrogen-bond donors (Lipinski definition) is 1. The molecule has 23 heavy (non-hydrogen) atoms. The van der Waals surface area contributed by atoms with Crippen LogP contribution >= 0.6 is 0 Å². The van der Waals surface area contributed by atoms with E-state index < -0.39 is 0 Å². The number of rotatable bonds is 6. The molecule has 0 aliphatic carbocycles. The molecule has 1 aromatic carbocycles. The maximum Gasteiger partial charge on any atom is 0.223 e. The lowest BCUT2D eigenvalue weighted by Gasteiger charge is -2.23. The second-order valence-corrected chi connectivity index (χ2v) is 6.15. The highest BCUT2D eigenvalue weighted by molar-refractivity contribution is 5.93. The first-order valence-electron chi connectivity index (χ1n) is 8.21. The molecule has 1 aromatic rings. The normalized spacial score (nSPS) is 17.1. The summed E-state index contributed by atoms with van der Waals surface area (Å²) in [6.45, 7) is 7.23. The van der Waals surface area contributed by atoms with Crippen molar-refractivity contribution < 1.29 is 14.3 Å². The summed E-state index contributed by atoms with van der Waals surface area (Å²) in [4.78, 5) is 25.6. The number of benzene rings is 1. The van der Waals surface area contributed by atoms with Gasteiger partial charge >= 0.3 is 0 Å². The van der Waals surface area contributed by atoms with Gasteiger partial charge in [-0.1, -0.05) is 12.1 Å². The number of amides is 2. The van der Waals surface area contributed by atoms with Gasteiger partial charge in [0.05, 0.1) is 6.10 Å². The SMILES string of the molecule is CC(=O)N(CCC(=O)NCC1CCCO1)c1cc(C)ccc1C. The van der Waals surface area contributed by atoms with Crippen molar-refractivity contribution in [3.63, 3.8) is 0 Å². The first-order chi connectivity index (χ1) is 11.0. The van der Waals surface area contributed by atoms with Crippen LogP contribution in [0, 0.1) is 13.8 Å². The van der Waals surface area contributed by atoms with Gasteiger partial charge in [0.2, 0.25) is 11.8 Å². The maximum atomic E-state index is 12.0. The first kappa shape index (κ1) is 17.5. The summed E-state index contributed by atoms with van der Waals surface area (Å²) in [6, 6.07) is 6.00. The smallest absolute Gasteiger partial charge is 0.223 e. The van der Waals surface area contributed by atoms with Crippen molar-refractivity contribution in [1.29, 1.82) is 0 Å². The lowest BCUT2D eigenvalue weighted by atomic mass is 10.1. The highest BCUT2D eigenvalue weighted by Gasteiger charge is 2.18. The second-order valence-electron chi connectivity index (χ2n) is 6.15. The number of carbonyl (C=O) groups excluding carboxylic acids is 2. The Labute approximate surface area is 138 Å². The van der Waals surface area contributed by atoms with Gasteiger partial charge in [-0.15, -0.1) is 0 Å². The van der Waals surface area contributed by atoms with Crippen LogP contribution in [-0.2, 0) is 14.3 Å². The molecular formula is C18H26N2O3. The summed E-state index contributed by atoms with van der Waals surface area (Å²) >= 11 is 0. The number of nitrogens with zero attached hydrogens (tertiary/aromatic N) is 1. The van der Waals surface area contributed by atoms with E-state index in [9.17, 15) is 9.59 Å². The topological polar surface area (TPSA) is 58.6 Å². The number of anilines is 1. The highest BCUT2D eigenvalue weighted by atomic mass is 16.5. The Kier molecular flexibility index (Phi) is 6.16. The first-order valence-corrected chi connectivity index (χ1v) is 8.21. The van der Waals surface area contributed by atoms with E-state index in [-0.39, 0.29) is 17.9 Å². The summed E-state index contributed by atoms with van der Waals surface area (Å²) in [5.41, 5.74) is 3.01. The van der Waals surface area contributed by atoms with E-state index in [0.717, 1.165) is 36.3 Å². The zero-order chi connectivity index (χ0) is 16.8. The predicted octanol–water partition coefficient (Wildman–Crippen LogP) is 2.34. The Hall–Kier alpha value is -1.88. The number of nitrogens with one attached hydrogen (secondary N) is 1. The molecule has 0 radical (unpaired) electrons. The van der Waals surface area contributed by atoms with Crippen molar-refractivity contribution in [3.8, 4) is 0 Å². The van der Waals surface area contributed by atoms with Gasteiger partial charge in [0.15, 0.2) is 0 Å². The Morgan fingerprint density at radius 3 is 2.78 bits per heavy atom. The second kappa shape index (κ2) is 8.11. The zero-order valence-electron chi connectivity index (χ0n) is 14.2. The molecule has 0 aromatic heterocycles. The molecule has 2 amide bonds. The van der Waals surface area contributed by atoms with E-state index in [1.807, 2.05) is 32.0 Å². The van der Waals surface area contributed by atoms with E-state index in [2.05, 4.69) is 5.32 Å². The van der Waals surface area contributed by atoms with E-state index in [1.165, 1.54) is 6.92 Å². The van der Waals surface area contributed by atoms with Crippen molar-refractivity contribution in [2.45, 2.75) is 46.1 Å². The fourth-order valence-corrected chi connectivity index (χ4v) is 2.79. The van der Waals surface area contributed by atoms with Crippen molar-refractivity contribution >= 4 is 17.5 Å². The van der Waals surface area contributed by atoms with Gasteiger partial charge in [-0.3, -0.25) is 9.59 Å².